The Bertz CT molecular complexity index is 851. The number of pyridine rings is 1. The molecular weight excluding hydrogens is 353 g/mol. The van der Waals surface area contributed by atoms with Crippen LogP contribution in [0.15, 0.2) is 36.5 Å². The highest BCUT2D eigenvalue weighted by atomic mass is 35.5. The highest BCUT2D eigenvalue weighted by molar-refractivity contribution is 6.30. The minimum Gasteiger partial charge on any atom is -0.364 e. The largest absolute Gasteiger partial charge is 0.364 e. The van der Waals surface area contributed by atoms with Crippen molar-refractivity contribution in [3.63, 3.8) is 0 Å². The first-order valence-electron chi connectivity index (χ1n) is 8.40. The maximum absolute atomic E-state index is 5.96. The number of hydrogen-bond acceptors (Lipinski definition) is 2. The van der Waals surface area contributed by atoms with Gasteiger partial charge in [0.1, 0.15) is 0 Å². The summed E-state index contributed by atoms with van der Waals surface area (Å²) in [6, 6.07) is 10.0. The average Bonchev–Trinajstić information content (AvgIpc) is 2.80. The average molecular weight is 378 g/mol. The minimum atomic E-state index is 0. The number of fused-ring (bicyclic) bond motifs is 1. The molecule has 0 aliphatic heterocycles. The molecule has 0 amide bonds. The van der Waals surface area contributed by atoms with E-state index in [4.69, 9.17) is 11.6 Å². The van der Waals surface area contributed by atoms with Gasteiger partial charge in [-0.2, -0.15) is 0 Å². The summed E-state index contributed by atoms with van der Waals surface area (Å²) >= 11 is 5.96. The van der Waals surface area contributed by atoms with Crippen LogP contribution in [-0.2, 0) is 13.1 Å². The number of aryl methyl sites for hydroxylation is 1. The van der Waals surface area contributed by atoms with Gasteiger partial charge in [-0.3, -0.25) is 0 Å². The summed E-state index contributed by atoms with van der Waals surface area (Å²) in [6.07, 6.45) is 1.89. The fourth-order valence-corrected chi connectivity index (χ4v) is 3.23. The molecule has 3 aromatic rings. The van der Waals surface area contributed by atoms with E-state index in [0.29, 0.717) is 5.92 Å². The fraction of sp³-hybridized carbons (Fsp3) is 0.350. The number of halogens is 2. The maximum Gasteiger partial charge on any atom is 0.150 e. The van der Waals surface area contributed by atoms with Crippen molar-refractivity contribution in [3.05, 3.63) is 58.4 Å². The quantitative estimate of drug-likeness (QED) is 0.590. The molecule has 0 spiro atoms. The lowest BCUT2D eigenvalue weighted by Gasteiger charge is -2.14. The first-order valence-corrected chi connectivity index (χ1v) is 8.78. The fourth-order valence-electron chi connectivity index (χ4n) is 3.11. The first-order chi connectivity index (χ1) is 11.5. The number of benzene rings is 1. The number of aromatic nitrogens is 2. The van der Waals surface area contributed by atoms with Crippen molar-refractivity contribution in [1.82, 2.24) is 9.55 Å². The second-order valence-corrected chi connectivity index (χ2v) is 7.19. The van der Waals surface area contributed by atoms with E-state index < -0.39 is 0 Å². The van der Waals surface area contributed by atoms with E-state index in [1.54, 1.807) is 0 Å². The molecule has 0 saturated heterocycles. The standard InChI is InChI=1S/C20H24ClN3.ClH/c1-13(2)12-24-15(4)14(3)18-9-10-22-20(19(18)24)23-11-16-5-7-17(21)8-6-16;/h5-10,13H,11-12H2,1-4H3,(H,22,23);1H. The Balaban J connectivity index is 0.00000225. The van der Waals surface area contributed by atoms with Gasteiger partial charge < -0.3 is 9.88 Å². The number of rotatable bonds is 5. The molecule has 3 rings (SSSR count). The van der Waals surface area contributed by atoms with Crippen LogP contribution in [0.25, 0.3) is 10.9 Å². The second-order valence-electron chi connectivity index (χ2n) is 6.75. The summed E-state index contributed by atoms with van der Waals surface area (Å²) < 4.78 is 2.40. The minimum absolute atomic E-state index is 0. The summed E-state index contributed by atoms with van der Waals surface area (Å²) in [4.78, 5) is 4.60. The molecule has 1 N–H and O–H groups in total. The van der Waals surface area contributed by atoms with E-state index in [9.17, 15) is 0 Å². The lowest BCUT2D eigenvalue weighted by molar-refractivity contribution is 0.527. The SMILES string of the molecule is Cc1c(C)n(CC(C)C)c2c(NCc3ccc(Cl)cc3)nccc12.Cl. The Kier molecular flexibility index (Phi) is 6.36. The molecule has 5 heteroatoms. The van der Waals surface area contributed by atoms with E-state index in [1.165, 1.54) is 27.7 Å². The summed E-state index contributed by atoms with van der Waals surface area (Å²) in [5.74, 6) is 1.53. The van der Waals surface area contributed by atoms with Crippen LogP contribution in [0.1, 0.15) is 30.7 Å². The number of nitrogens with one attached hydrogen (secondary N) is 1. The summed E-state index contributed by atoms with van der Waals surface area (Å²) in [6.45, 7) is 10.6. The zero-order valence-corrected chi connectivity index (χ0v) is 16.7. The third kappa shape index (κ3) is 4.10. The molecule has 0 unspecified atom stereocenters. The van der Waals surface area contributed by atoms with E-state index in [1.807, 2.05) is 30.5 Å². The zero-order chi connectivity index (χ0) is 17.3. The highest BCUT2D eigenvalue weighted by Gasteiger charge is 2.15. The molecule has 0 radical (unpaired) electrons. The van der Waals surface area contributed by atoms with Gasteiger partial charge in [0, 0.05) is 35.4 Å². The molecular formula is C20H25Cl2N3. The van der Waals surface area contributed by atoms with Crippen molar-refractivity contribution in [3.8, 4) is 0 Å². The molecule has 2 heterocycles. The highest BCUT2D eigenvalue weighted by Crippen LogP contribution is 2.30. The lowest BCUT2D eigenvalue weighted by atomic mass is 10.2. The van der Waals surface area contributed by atoms with Crippen molar-refractivity contribution < 1.29 is 0 Å². The normalized spacial score (nSPS) is 11.0. The third-order valence-electron chi connectivity index (χ3n) is 4.47. The van der Waals surface area contributed by atoms with Crippen molar-refractivity contribution in [2.75, 3.05) is 5.32 Å². The third-order valence-corrected chi connectivity index (χ3v) is 4.72. The predicted octanol–water partition coefficient (Wildman–Crippen LogP) is 6.00. The summed E-state index contributed by atoms with van der Waals surface area (Å²) in [7, 11) is 0. The van der Waals surface area contributed by atoms with Gasteiger partial charge in [-0.1, -0.05) is 37.6 Å². The van der Waals surface area contributed by atoms with Crippen molar-refractivity contribution >= 4 is 40.7 Å². The van der Waals surface area contributed by atoms with Crippen LogP contribution in [0.3, 0.4) is 0 Å². The van der Waals surface area contributed by atoms with Gasteiger partial charge in [-0.25, -0.2) is 4.98 Å². The maximum atomic E-state index is 5.96. The van der Waals surface area contributed by atoms with Gasteiger partial charge in [-0.05, 0) is 49.1 Å². The van der Waals surface area contributed by atoms with Crippen molar-refractivity contribution in [1.29, 1.82) is 0 Å². The topological polar surface area (TPSA) is 29.9 Å². The molecule has 0 fully saturated rings. The van der Waals surface area contributed by atoms with Gasteiger partial charge >= 0.3 is 0 Å². The number of hydrogen-bond donors (Lipinski definition) is 1. The van der Waals surface area contributed by atoms with Crippen LogP contribution >= 0.6 is 24.0 Å². The van der Waals surface area contributed by atoms with Crippen LogP contribution in [0.4, 0.5) is 5.82 Å². The molecule has 0 bridgehead atoms. The molecule has 25 heavy (non-hydrogen) atoms. The van der Waals surface area contributed by atoms with Gasteiger partial charge in [0.15, 0.2) is 5.82 Å². The Morgan fingerprint density at radius 2 is 1.80 bits per heavy atom. The molecule has 134 valence electrons. The summed E-state index contributed by atoms with van der Waals surface area (Å²) in [5, 5.41) is 5.54. The van der Waals surface area contributed by atoms with Crippen LogP contribution in [0, 0.1) is 19.8 Å². The first kappa shape index (κ1) is 19.6. The van der Waals surface area contributed by atoms with Crippen molar-refractivity contribution in [2.24, 2.45) is 5.92 Å². The van der Waals surface area contributed by atoms with Gasteiger partial charge in [0.25, 0.3) is 0 Å². The molecule has 3 nitrogen and oxygen atoms in total. The molecule has 0 saturated carbocycles. The lowest BCUT2D eigenvalue weighted by Crippen LogP contribution is -2.09. The Morgan fingerprint density at radius 3 is 2.44 bits per heavy atom. The zero-order valence-electron chi connectivity index (χ0n) is 15.1. The predicted molar refractivity (Wildman–Crippen MR) is 110 cm³/mol. The smallest absolute Gasteiger partial charge is 0.150 e. The molecule has 1 aromatic carbocycles. The van der Waals surface area contributed by atoms with Gasteiger partial charge in [0.2, 0.25) is 0 Å². The Labute approximate surface area is 160 Å². The van der Waals surface area contributed by atoms with E-state index in [0.717, 1.165) is 23.9 Å². The number of nitrogens with zero attached hydrogens (tertiary/aromatic N) is 2. The number of anilines is 1. The molecule has 0 aliphatic rings. The molecule has 2 aromatic heterocycles. The van der Waals surface area contributed by atoms with Gasteiger partial charge in [0.05, 0.1) is 5.52 Å². The second kappa shape index (κ2) is 8.11. The molecule has 0 atom stereocenters. The van der Waals surface area contributed by atoms with Crippen LogP contribution in [-0.4, -0.2) is 9.55 Å². The Morgan fingerprint density at radius 1 is 1.12 bits per heavy atom. The Hall–Kier alpha value is -1.71. The van der Waals surface area contributed by atoms with E-state index >= 15 is 0 Å². The van der Waals surface area contributed by atoms with Crippen molar-refractivity contribution in [2.45, 2.75) is 40.8 Å². The van der Waals surface area contributed by atoms with Crippen LogP contribution < -0.4 is 5.32 Å². The van der Waals surface area contributed by atoms with Gasteiger partial charge in [-0.15, -0.1) is 12.4 Å². The van der Waals surface area contributed by atoms with E-state index in [-0.39, 0.29) is 12.4 Å². The molecule has 0 aliphatic carbocycles. The summed E-state index contributed by atoms with van der Waals surface area (Å²) in [5.41, 5.74) is 5.05. The van der Waals surface area contributed by atoms with Crippen LogP contribution in [0.2, 0.25) is 5.02 Å². The van der Waals surface area contributed by atoms with E-state index in [2.05, 4.69) is 48.6 Å². The van der Waals surface area contributed by atoms with Crippen LogP contribution in [0.5, 0.6) is 0 Å². The monoisotopic (exact) mass is 377 g/mol.